The largest absolute Gasteiger partial charge is 0.361 e. The first-order valence-corrected chi connectivity index (χ1v) is 3.61. The lowest BCUT2D eigenvalue weighted by molar-refractivity contribution is -0.00946. The number of ketones is 1. The Morgan fingerprint density at radius 1 is 1.58 bits per heavy atom. The van der Waals surface area contributed by atoms with E-state index in [4.69, 9.17) is 5.53 Å². The highest BCUT2D eigenvalue weighted by Crippen LogP contribution is 2.15. The summed E-state index contributed by atoms with van der Waals surface area (Å²) >= 11 is 0. The molecule has 1 aromatic heterocycles. The van der Waals surface area contributed by atoms with Crippen molar-refractivity contribution in [3.05, 3.63) is 23.0 Å². The van der Waals surface area contributed by atoms with Crippen molar-refractivity contribution >= 4 is 11.5 Å². The number of carbonyl (C=O) groups excluding carboxylic acids is 1. The highest BCUT2D eigenvalue weighted by atomic mass is 16.1. The molecule has 0 radical (unpaired) electrons. The maximum absolute atomic E-state index is 11.4. The van der Waals surface area contributed by atoms with Crippen LogP contribution in [0.4, 0.5) is 0 Å². The van der Waals surface area contributed by atoms with Crippen molar-refractivity contribution in [2.75, 3.05) is 0 Å². The van der Waals surface area contributed by atoms with E-state index in [0.717, 1.165) is 5.69 Å². The van der Waals surface area contributed by atoms with Crippen LogP contribution in [0.1, 0.15) is 22.5 Å². The zero-order valence-corrected chi connectivity index (χ0v) is 6.24. The van der Waals surface area contributed by atoms with Gasteiger partial charge in [-0.15, -0.1) is 0 Å². The summed E-state index contributed by atoms with van der Waals surface area (Å²) in [6.45, 7) is 0. The van der Waals surface area contributed by atoms with Crippen LogP contribution in [0.2, 0.25) is 0 Å². The zero-order chi connectivity index (χ0) is 8.55. The second-order valence-corrected chi connectivity index (χ2v) is 2.64. The molecule has 0 saturated carbocycles. The molecule has 0 aliphatic heterocycles. The molecule has 5 heteroatoms. The third-order valence-electron chi connectivity index (χ3n) is 1.96. The average Bonchev–Trinajstić information content (AvgIpc) is 2.53. The first kappa shape index (κ1) is 6.94. The lowest BCUT2D eigenvalue weighted by Crippen LogP contribution is -2.22. The average molecular weight is 162 g/mol. The maximum Gasteiger partial charge on any atom is 0.339 e. The molecule has 0 atom stereocenters. The number of hydrogen-bond donors (Lipinski definition) is 1. The number of carbonyl (C=O) groups is 1. The highest BCUT2D eigenvalue weighted by molar-refractivity contribution is 6.44. The van der Waals surface area contributed by atoms with E-state index in [1.807, 2.05) is 0 Å². The summed E-state index contributed by atoms with van der Waals surface area (Å²) in [6.07, 6.45) is 2.62. The van der Waals surface area contributed by atoms with Crippen molar-refractivity contribution < 1.29 is 9.58 Å². The molecular formula is C7H6N4O. The van der Waals surface area contributed by atoms with Crippen LogP contribution < -0.4 is 0 Å². The fourth-order valence-corrected chi connectivity index (χ4v) is 1.31. The number of nitrogens with one attached hydrogen (secondary N) is 1. The molecule has 12 heavy (non-hydrogen) atoms. The third kappa shape index (κ3) is 0.805. The molecule has 1 aromatic rings. The van der Waals surface area contributed by atoms with Crippen molar-refractivity contribution in [3.63, 3.8) is 0 Å². The Kier molecular flexibility index (Phi) is 1.38. The molecule has 0 amide bonds. The molecule has 1 aliphatic rings. The summed E-state index contributed by atoms with van der Waals surface area (Å²) in [4.78, 5) is 14.3. The van der Waals surface area contributed by atoms with Gasteiger partial charge in [0.2, 0.25) is 0 Å². The van der Waals surface area contributed by atoms with E-state index in [9.17, 15) is 4.79 Å². The molecule has 0 fully saturated rings. The first-order valence-electron chi connectivity index (χ1n) is 3.61. The van der Waals surface area contributed by atoms with Crippen LogP contribution in [-0.4, -0.2) is 26.5 Å². The van der Waals surface area contributed by atoms with Crippen LogP contribution in [0.5, 0.6) is 0 Å². The molecular weight excluding hydrogens is 156 g/mol. The Labute approximate surface area is 68.0 Å². The number of nitrogens with zero attached hydrogens (tertiary/aromatic N) is 3. The summed E-state index contributed by atoms with van der Waals surface area (Å²) in [5, 5.41) is 6.47. The SMILES string of the molecule is [N-]=[N+]=C1CCc2[nH]ncc2C1=O. The van der Waals surface area contributed by atoms with E-state index in [0.29, 0.717) is 18.4 Å². The number of rotatable bonds is 0. The van der Waals surface area contributed by atoms with Gasteiger partial charge in [0.1, 0.15) is 0 Å². The summed E-state index contributed by atoms with van der Waals surface area (Å²) in [5.41, 5.74) is 10.0. The van der Waals surface area contributed by atoms with Crippen molar-refractivity contribution in [2.45, 2.75) is 12.8 Å². The minimum absolute atomic E-state index is 0.212. The monoisotopic (exact) mass is 162 g/mol. The Bertz CT molecular complexity index is 386. The lowest BCUT2D eigenvalue weighted by atomic mass is 9.95. The number of aromatic amines is 1. The van der Waals surface area contributed by atoms with E-state index >= 15 is 0 Å². The number of aryl methyl sites for hydroxylation is 1. The molecule has 0 aromatic carbocycles. The number of fused-ring (bicyclic) bond motifs is 1. The predicted octanol–water partition coefficient (Wildman–Crippen LogP) is 0.209. The minimum Gasteiger partial charge on any atom is -0.361 e. The van der Waals surface area contributed by atoms with E-state index in [2.05, 4.69) is 15.0 Å². The lowest BCUT2D eigenvalue weighted by Gasteiger charge is -2.03. The van der Waals surface area contributed by atoms with Gasteiger partial charge in [0, 0.05) is 12.1 Å². The normalized spacial score (nSPS) is 15.7. The van der Waals surface area contributed by atoms with Crippen LogP contribution in [-0.2, 0) is 6.42 Å². The molecule has 2 rings (SSSR count). The molecule has 0 spiro atoms. The smallest absolute Gasteiger partial charge is 0.339 e. The molecule has 5 nitrogen and oxygen atoms in total. The van der Waals surface area contributed by atoms with Gasteiger partial charge in [0.25, 0.3) is 5.78 Å². The van der Waals surface area contributed by atoms with Gasteiger partial charge in [-0.25, -0.2) is 0 Å². The van der Waals surface area contributed by atoms with Crippen LogP contribution >= 0.6 is 0 Å². The molecule has 1 aliphatic carbocycles. The van der Waals surface area contributed by atoms with Crippen molar-refractivity contribution in [3.8, 4) is 0 Å². The topological polar surface area (TPSA) is 82.2 Å². The number of H-pyrrole nitrogens is 1. The molecule has 1 heterocycles. The second-order valence-electron chi connectivity index (χ2n) is 2.64. The van der Waals surface area contributed by atoms with Crippen LogP contribution in [0.25, 0.3) is 5.53 Å². The second kappa shape index (κ2) is 2.39. The Morgan fingerprint density at radius 3 is 3.17 bits per heavy atom. The Morgan fingerprint density at radius 2 is 2.42 bits per heavy atom. The number of aromatic nitrogens is 2. The minimum atomic E-state index is -0.229. The van der Waals surface area contributed by atoms with Gasteiger partial charge in [0.15, 0.2) is 0 Å². The Hall–Kier alpha value is -1.74. The van der Waals surface area contributed by atoms with Gasteiger partial charge in [-0.3, -0.25) is 9.89 Å². The molecule has 1 N–H and O–H groups in total. The van der Waals surface area contributed by atoms with Gasteiger partial charge in [0.05, 0.1) is 18.2 Å². The van der Waals surface area contributed by atoms with Crippen LogP contribution in [0, 0.1) is 0 Å². The predicted molar refractivity (Wildman–Crippen MR) is 39.9 cm³/mol. The molecule has 0 bridgehead atoms. The van der Waals surface area contributed by atoms with Gasteiger partial charge in [-0.2, -0.15) is 9.89 Å². The molecule has 0 unspecified atom stereocenters. The third-order valence-corrected chi connectivity index (χ3v) is 1.96. The summed E-state index contributed by atoms with van der Waals surface area (Å²) < 4.78 is 0. The summed E-state index contributed by atoms with van der Waals surface area (Å²) in [7, 11) is 0. The van der Waals surface area contributed by atoms with Crippen molar-refractivity contribution in [1.82, 2.24) is 10.2 Å². The molecule has 0 saturated heterocycles. The fourth-order valence-electron chi connectivity index (χ4n) is 1.31. The maximum atomic E-state index is 11.4. The highest BCUT2D eigenvalue weighted by Gasteiger charge is 2.30. The number of hydrogen-bond acceptors (Lipinski definition) is 2. The van der Waals surface area contributed by atoms with E-state index in [1.165, 1.54) is 6.20 Å². The van der Waals surface area contributed by atoms with Gasteiger partial charge < -0.3 is 5.53 Å². The van der Waals surface area contributed by atoms with Gasteiger partial charge >= 0.3 is 5.71 Å². The first-order chi connectivity index (χ1) is 5.83. The van der Waals surface area contributed by atoms with Gasteiger partial charge in [-0.1, -0.05) is 0 Å². The van der Waals surface area contributed by atoms with Crippen molar-refractivity contribution in [1.29, 1.82) is 0 Å². The van der Waals surface area contributed by atoms with E-state index in [-0.39, 0.29) is 11.5 Å². The quantitative estimate of drug-likeness (QED) is 0.437. The Balaban J connectivity index is 2.55. The zero-order valence-electron chi connectivity index (χ0n) is 6.24. The van der Waals surface area contributed by atoms with Gasteiger partial charge in [-0.05, 0) is 0 Å². The molecule has 60 valence electrons. The van der Waals surface area contributed by atoms with Crippen LogP contribution in [0.15, 0.2) is 6.20 Å². The standard InChI is InChI=1S/C7H6N4O/c8-10-6-2-1-5-4(7(6)12)3-9-11-5/h3H,1-2H2,(H,9,11). The van der Waals surface area contributed by atoms with E-state index in [1.54, 1.807) is 0 Å². The van der Waals surface area contributed by atoms with Crippen LogP contribution in [0.3, 0.4) is 0 Å². The fraction of sp³-hybridized carbons (Fsp3) is 0.286. The number of Topliss-reactive ketones (excluding diaryl/α,β-unsaturated/α-hetero) is 1. The summed E-state index contributed by atoms with van der Waals surface area (Å²) in [5.74, 6) is -0.229. The van der Waals surface area contributed by atoms with Crippen molar-refractivity contribution in [2.24, 2.45) is 0 Å². The van der Waals surface area contributed by atoms with E-state index < -0.39 is 0 Å². The summed E-state index contributed by atoms with van der Waals surface area (Å²) in [6, 6.07) is 0.